The number of aryl methyl sites for hydroxylation is 1. The fourth-order valence-corrected chi connectivity index (χ4v) is 7.91. The number of pyridine rings is 1. The first-order chi connectivity index (χ1) is 22.2. The van der Waals surface area contributed by atoms with Crippen LogP contribution in [-0.2, 0) is 21.4 Å². The Labute approximate surface area is 282 Å². The molecule has 1 aromatic carbocycles. The van der Waals surface area contributed by atoms with Crippen LogP contribution in [0.25, 0.3) is 10.9 Å². The van der Waals surface area contributed by atoms with Gasteiger partial charge in [0.1, 0.15) is 52.2 Å². The molecule has 0 spiro atoms. The third kappa shape index (κ3) is 6.67. The third-order valence-corrected chi connectivity index (χ3v) is 10.9. The molecule has 0 bridgehead atoms. The molecule has 3 fully saturated rings. The van der Waals surface area contributed by atoms with Gasteiger partial charge in [-0.2, -0.15) is 0 Å². The van der Waals surface area contributed by atoms with Crippen LogP contribution in [-0.4, -0.2) is 80.5 Å². The normalized spacial score (nSPS) is 25.7. The van der Waals surface area contributed by atoms with E-state index in [-0.39, 0.29) is 19.1 Å². The minimum absolute atomic E-state index is 0.0685. The van der Waals surface area contributed by atoms with Gasteiger partial charge in [-0.25, -0.2) is 9.78 Å². The standard InChI is InChI=1S/C32H40ClN7O6S/c1-15-19-9-16(10-20(15)19)46-31(43)37-27(32(2,3)4)29(42)40-13-17(11-21(40)28(34)41)45-23-12-24(47-30-38-35-14-39(30)5)36-26-18(23)7-8-22(44-6)25(26)33/h7-8,12,14-17,19-21,27H,9-11,13H2,1-6H3,(H2,34,41)(H,37,43)/t15?,16?,17?,19-,20+,21-,27+/m0/s1. The zero-order chi connectivity index (χ0) is 33.8. The number of nitrogens with one attached hydrogen (secondary N) is 1. The summed E-state index contributed by atoms with van der Waals surface area (Å²) in [6.45, 7) is 7.84. The fourth-order valence-electron chi connectivity index (χ4n) is 6.86. The van der Waals surface area contributed by atoms with E-state index >= 15 is 0 Å². The molecule has 3 heterocycles. The van der Waals surface area contributed by atoms with E-state index in [1.807, 2.05) is 27.8 Å². The molecule has 2 aliphatic carbocycles. The van der Waals surface area contributed by atoms with Crippen molar-refractivity contribution in [2.45, 2.75) is 81.4 Å². The molecule has 3 aliphatic rings. The topological polar surface area (TPSA) is 164 Å². The highest BCUT2D eigenvalue weighted by Crippen LogP contribution is 2.57. The van der Waals surface area contributed by atoms with E-state index in [9.17, 15) is 14.4 Å². The van der Waals surface area contributed by atoms with Crippen LogP contribution in [0.5, 0.6) is 11.5 Å². The molecule has 2 aromatic heterocycles. The summed E-state index contributed by atoms with van der Waals surface area (Å²) in [6.07, 6.45) is 2.05. The minimum Gasteiger partial charge on any atom is -0.495 e. The second kappa shape index (κ2) is 12.7. The monoisotopic (exact) mass is 685 g/mol. The molecule has 252 valence electrons. The molecule has 0 radical (unpaired) electrons. The molecule has 3 unspecified atom stereocenters. The molecule has 2 saturated carbocycles. The average molecular weight is 686 g/mol. The summed E-state index contributed by atoms with van der Waals surface area (Å²) >= 11 is 7.96. The van der Waals surface area contributed by atoms with Gasteiger partial charge in [0.25, 0.3) is 0 Å². The average Bonchev–Trinajstić information content (AvgIpc) is 3.45. The van der Waals surface area contributed by atoms with Crippen LogP contribution in [0.1, 0.15) is 47.0 Å². The number of halogens is 1. The van der Waals surface area contributed by atoms with Crippen molar-refractivity contribution >= 4 is 52.2 Å². The van der Waals surface area contributed by atoms with Gasteiger partial charge in [0.2, 0.25) is 11.8 Å². The highest BCUT2D eigenvalue weighted by Gasteiger charge is 2.54. The molecule has 47 heavy (non-hydrogen) atoms. The number of methoxy groups -OCH3 is 1. The molecule has 1 aliphatic heterocycles. The molecule has 3 amide bonds. The number of hydrogen-bond donors (Lipinski definition) is 2. The van der Waals surface area contributed by atoms with Crippen LogP contribution in [0, 0.1) is 23.2 Å². The van der Waals surface area contributed by atoms with E-state index < -0.39 is 41.5 Å². The zero-order valence-corrected chi connectivity index (χ0v) is 28.8. The summed E-state index contributed by atoms with van der Waals surface area (Å²) in [7, 11) is 3.34. The summed E-state index contributed by atoms with van der Waals surface area (Å²) in [5.41, 5.74) is 5.59. The van der Waals surface area contributed by atoms with E-state index in [1.165, 1.54) is 23.8 Å². The summed E-state index contributed by atoms with van der Waals surface area (Å²) < 4.78 is 19.4. The number of carbonyl (C=O) groups excluding carboxylic acids is 3. The van der Waals surface area contributed by atoms with Gasteiger partial charge >= 0.3 is 6.09 Å². The van der Waals surface area contributed by atoms with Gasteiger partial charge in [0.05, 0.1) is 19.2 Å². The predicted octanol–water partition coefficient (Wildman–Crippen LogP) is 4.20. The molecule has 7 atom stereocenters. The van der Waals surface area contributed by atoms with Crippen LogP contribution >= 0.6 is 23.4 Å². The molecule has 3 N–H and O–H groups in total. The number of nitrogens with zero attached hydrogens (tertiary/aromatic N) is 5. The highest BCUT2D eigenvalue weighted by atomic mass is 35.5. The van der Waals surface area contributed by atoms with E-state index in [4.69, 9.17) is 36.5 Å². The predicted molar refractivity (Wildman–Crippen MR) is 174 cm³/mol. The molecular formula is C32H40ClN7O6S. The van der Waals surface area contributed by atoms with E-state index in [1.54, 1.807) is 29.1 Å². The van der Waals surface area contributed by atoms with E-state index in [0.29, 0.717) is 55.4 Å². The Morgan fingerprint density at radius 3 is 2.47 bits per heavy atom. The Hall–Kier alpha value is -3.78. The maximum absolute atomic E-state index is 14.1. The Balaban J connectivity index is 1.23. The van der Waals surface area contributed by atoms with Gasteiger partial charge < -0.3 is 34.7 Å². The largest absolute Gasteiger partial charge is 0.495 e. The summed E-state index contributed by atoms with van der Waals surface area (Å²) in [5.74, 6) is 1.72. The molecule has 13 nitrogen and oxygen atoms in total. The highest BCUT2D eigenvalue weighted by molar-refractivity contribution is 7.99. The van der Waals surface area contributed by atoms with Crippen molar-refractivity contribution in [2.24, 2.45) is 36.0 Å². The minimum atomic E-state index is -0.965. The lowest BCUT2D eigenvalue weighted by molar-refractivity contribution is -0.141. The van der Waals surface area contributed by atoms with Crippen molar-refractivity contribution in [3.05, 3.63) is 29.5 Å². The number of benzene rings is 1. The Kier molecular flexibility index (Phi) is 8.94. The Morgan fingerprint density at radius 1 is 1.13 bits per heavy atom. The smallest absolute Gasteiger partial charge is 0.408 e. The SMILES string of the molecule is COc1ccc2c(OC3C[C@@H](C(N)=O)N(C(=O)[C@@H](NC(=O)OC4C[C@@H]5C(C)[C@@H]5C4)C(C)(C)C)C3)cc(Sc3nncn3C)nc2c1Cl. The van der Waals surface area contributed by atoms with Gasteiger partial charge in [0.15, 0.2) is 5.16 Å². The van der Waals surface area contributed by atoms with Crippen molar-refractivity contribution in [1.29, 1.82) is 0 Å². The number of carbonyl (C=O) groups is 3. The first kappa shape index (κ1) is 33.1. The number of amides is 3. The van der Waals surface area contributed by atoms with Crippen LogP contribution in [0.4, 0.5) is 4.79 Å². The van der Waals surface area contributed by atoms with Gasteiger partial charge in [-0.1, -0.05) is 39.3 Å². The number of ether oxygens (including phenoxy) is 3. The van der Waals surface area contributed by atoms with E-state index in [2.05, 4.69) is 22.4 Å². The molecular weight excluding hydrogens is 646 g/mol. The van der Waals surface area contributed by atoms with Gasteiger partial charge in [-0.15, -0.1) is 10.2 Å². The van der Waals surface area contributed by atoms with Crippen LogP contribution in [0.3, 0.4) is 0 Å². The second-order valence-corrected chi connectivity index (χ2v) is 15.1. The van der Waals surface area contributed by atoms with Crippen molar-refractivity contribution in [2.75, 3.05) is 13.7 Å². The lowest BCUT2D eigenvalue weighted by Gasteiger charge is -2.35. The number of aromatic nitrogens is 4. The number of hydrogen-bond acceptors (Lipinski definition) is 10. The van der Waals surface area contributed by atoms with Gasteiger partial charge in [0, 0.05) is 24.9 Å². The third-order valence-electron chi connectivity index (χ3n) is 9.55. The summed E-state index contributed by atoms with van der Waals surface area (Å²) in [6, 6.07) is 3.37. The first-order valence-electron chi connectivity index (χ1n) is 15.7. The first-order valence-corrected chi connectivity index (χ1v) is 16.9. The Morgan fingerprint density at radius 2 is 1.85 bits per heavy atom. The summed E-state index contributed by atoms with van der Waals surface area (Å²) in [5, 5.41) is 12.9. The van der Waals surface area contributed by atoms with Gasteiger partial charge in [-0.05, 0) is 59.9 Å². The number of fused-ring (bicyclic) bond motifs is 2. The quantitative estimate of drug-likeness (QED) is 0.334. The van der Waals surface area contributed by atoms with Crippen molar-refractivity contribution in [3.8, 4) is 11.5 Å². The Bertz CT molecular complexity index is 1700. The molecule has 6 rings (SSSR count). The number of primary amides is 1. The maximum atomic E-state index is 14.1. The van der Waals surface area contributed by atoms with Crippen LogP contribution in [0.15, 0.2) is 34.7 Å². The van der Waals surface area contributed by atoms with E-state index in [0.717, 1.165) is 12.8 Å². The van der Waals surface area contributed by atoms with Crippen LogP contribution < -0.4 is 20.5 Å². The zero-order valence-electron chi connectivity index (χ0n) is 27.2. The second-order valence-electron chi connectivity index (χ2n) is 13.8. The maximum Gasteiger partial charge on any atom is 0.408 e. The van der Waals surface area contributed by atoms with Crippen molar-refractivity contribution in [1.82, 2.24) is 30.0 Å². The lowest BCUT2D eigenvalue weighted by atomic mass is 9.85. The molecule has 15 heteroatoms. The summed E-state index contributed by atoms with van der Waals surface area (Å²) in [4.78, 5) is 46.0. The lowest BCUT2D eigenvalue weighted by Crippen LogP contribution is -2.57. The number of rotatable bonds is 9. The van der Waals surface area contributed by atoms with Gasteiger partial charge in [-0.3, -0.25) is 9.59 Å². The fraction of sp³-hybridized carbons (Fsp3) is 0.562. The molecule has 1 saturated heterocycles. The number of nitrogens with two attached hydrogens (primary N) is 1. The van der Waals surface area contributed by atoms with Crippen molar-refractivity contribution < 1.29 is 28.6 Å². The number of likely N-dealkylation sites (tertiary alicyclic amines) is 1. The number of alkyl carbamates (subject to hydrolysis) is 1. The molecule has 3 aromatic rings. The van der Waals surface area contributed by atoms with Crippen LogP contribution in [0.2, 0.25) is 5.02 Å². The van der Waals surface area contributed by atoms with Crippen molar-refractivity contribution in [3.63, 3.8) is 0 Å².